The van der Waals surface area contributed by atoms with Gasteiger partial charge in [0.25, 0.3) is 0 Å². The van der Waals surface area contributed by atoms with E-state index in [1.54, 1.807) is 0 Å². The molecule has 0 saturated heterocycles. The maximum atomic E-state index is 5.70. The van der Waals surface area contributed by atoms with Gasteiger partial charge in [0.15, 0.2) is 5.96 Å². The van der Waals surface area contributed by atoms with Gasteiger partial charge in [-0.05, 0) is 54.2 Å². The molecule has 2 aromatic rings. The molecule has 1 atom stereocenters. The first-order valence-electron chi connectivity index (χ1n) is 8.68. The quantitative estimate of drug-likeness (QED) is 0.913. The Labute approximate surface area is 143 Å². The summed E-state index contributed by atoms with van der Waals surface area (Å²) in [5.41, 5.74) is 5.08. The van der Waals surface area contributed by atoms with E-state index in [-0.39, 0.29) is 0 Å². The molecular weight excluding hydrogens is 298 g/mol. The predicted molar refractivity (Wildman–Crippen MR) is 97.4 cm³/mol. The summed E-state index contributed by atoms with van der Waals surface area (Å²) in [4.78, 5) is 4.42. The lowest BCUT2D eigenvalue weighted by molar-refractivity contribution is 0.288. The number of guanidine groups is 1. The number of fused-ring (bicyclic) bond motifs is 1. The van der Waals surface area contributed by atoms with Gasteiger partial charge in [0.05, 0.1) is 13.2 Å². The van der Waals surface area contributed by atoms with Crippen molar-refractivity contribution in [2.75, 3.05) is 13.2 Å². The van der Waals surface area contributed by atoms with E-state index in [0.29, 0.717) is 6.04 Å². The SMILES string of the molecule is CC1CN=C(NCc2ccc(-c3ccc4c(c3)CCCO4)cc2)N1. The monoisotopic (exact) mass is 321 g/mol. The first-order chi connectivity index (χ1) is 11.8. The minimum Gasteiger partial charge on any atom is -0.493 e. The van der Waals surface area contributed by atoms with Crippen LogP contribution >= 0.6 is 0 Å². The zero-order valence-electron chi connectivity index (χ0n) is 14.0. The zero-order chi connectivity index (χ0) is 16.4. The van der Waals surface area contributed by atoms with Crippen molar-refractivity contribution in [1.29, 1.82) is 0 Å². The van der Waals surface area contributed by atoms with Gasteiger partial charge in [-0.1, -0.05) is 30.3 Å². The average Bonchev–Trinajstić information content (AvgIpc) is 3.05. The molecule has 24 heavy (non-hydrogen) atoms. The van der Waals surface area contributed by atoms with Crippen molar-refractivity contribution in [3.63, 3.8) is 0 Å². The number of nitrogens with zero attached hydrogens (tertiary/aromatic N) is 1. The molecule has 0 aliphatic carbocycles. The van der Waals surface area contributed by atoms with Crippen LogP contribution < -0.4 is 15.4 Å². The van der Waals surface area contributed by atoms with Gasteiger partial charge in [0.2, 0.25) is 0 Å². The van der Waals surface area contributed by atoms with Crippen LogP contribution in [0.3, 0.4) is 0 Å². The van der Waals surface area contributed by atoms with Gasteiger partial charge >= 0.3 is 0 Å². The van der Waals surface area contributed by atoms with E-state index in [9.17, 15) is 0 Å². The van der Waals surface area contributed by atoms with Gasteiger partial charge in [-0.3, -0.25) is 4.99 Å². The van der Waals surface area contributed by atoms with E-state index in [1.165, 1.54) is 22.3 Å². The molecule has 1 unspecified atom stereocenters. The van der Waals surface area contributed by atoms with Crippen LogP contribution in [0.2, 0.25) is 0 Å². The summed E-state index contributed by atoms with van der Waals surface area (Å²) in [6.07, 6.45) is 2.22. The van der Waals surface area contributed by atoms with Gasteiger partial charge in [0, 0.05) is 12.6 Å². The van der Waals surface area contributed by atoms with Crippen LogP contribution in [0, 0.1) is 0 Å². The fraction of sp³-hybridized carbons (Fsp3) is 0.350. The molecule has 2 aromatic carbocycles. The maximum absolute atomic E-state index is 5.70. The summed E-state index contributed by atoms with van der Waals surface area (Å²) in [6, 6.07) is 15.7. The number of aliphatic imine (C=N–C) groups is 1. The van der Waals surface area contributed by atoms with Crippen LogP contribution in [-0.4, -0.2) is 25.2 Å². The molecule has 2 aliphatic rings. The van der Waals surface area contributed by atoms with Gasteiger partial charge in [-0.15, -0.1) is 0 Å². The van der Waals surface area contributed by atoms with Crippen molar-refractivity contribution in [2.45, 2.75) is 32.4 Å². The third-order valence-corrected chi connectivity index (χ3v) is 4.56. The van der Waals surface area contributed by atoms with Crippen molar-refractivity contribution in [3.8, 4) is 16.9 Å². The molecule has 2 aliphatic heterocycles. The molecule has 0 radical (unpaired) electrons. The number of ether oxygens (including phenoxy) is 1. The lowest BCUT2D eigenvalue weighted by Gasteiger charge is -2.18. The van der Waals surface area contributed by atoms with E-state index >= 15 is 0 Å². The Kier molecular flexibility index (Phi) is 4.11. The van der Waals surface area contributed by atoms with E-state index in [0.717, 1.165) is 44.2 Å². The summed E-state index contributed by atoms with van der Waals surface area (Å²) >= 11 is 0. The van der Waals surface area contributed by atoms with Gasteiger partial charge in [-0.2, -0.15) is 0 Å². The highest BCUT2D eigenvalue weighted by Gasteiger charge is 2.12. The molecule has 4 nitrogen and oxygen atoms in total. The molecule has 0 saturated carbocycles. The van der Waals surface area contributed by atoms with Crippen LogP contribution in [0.5, 0.6) is 5.75 Å². The summed E-state index contributed by atoms with van der Waals surface area (Å²) in [6.45, 7) is 4.61. The van der Waals surface area contributed by atoms with E-state index in [4.69, 9.17) is 4.74 Å². The average molecular weight is 321 g/mol. The number of hydrogen-bond donors (Lipinski definition) is 2. The summed E-state index contributed by atoms with van der Waals surface area (Å²) in [5, 5.41) is 6.67. The number of benzene rings is 2. The molecule has 0 fully saturated rings. The lowest BCUT2D eigenvalue weighted by atomic mass is 9.98. The highest BCUT2D eigenvalue weighted by atomic mass is 16.5. The number of hydrogen-bond acceptors (Lipinski definition) is 4. The third kappa shape index (κ3) is 3.23. The molecule has 124 valence electrons. The van der Waals surface area contributed by atoms with Crippen molar-refractivity contribution < 1.29 is 4.74 Å². The van der Waals surface area contributed by atoms with E-state index in [1.807, 2.05) is 0 Å². The number of nitrogens with one attached hydrogen (secondary N) is 2. The lowest BCUT2D eigenvalue weighted by Crippen LogP contribution is -2.37. The second-order valence-electron chi connectivity index (χ2n) is 6.56. The number of rotatable bonds is 3. The largest absolute Gasteiger partial charge is 0.493 e. The Morgan fingerprint density at radius 2 is 2.00 bits per heavy atom. The minimum absolute atomic E-state index is 0.433. The Morgan fingerprint density at radius 1 is 1.17 bits per heavy atom. The predicted octanol–water partition coefficient (Wildman–Crippen LogP) is 3.12. The fourth-order valence-electron chi connectivity index (χ4n) is 3.20. The van der Waals surface area contributed by atoms with Gasteiger partial charge < -0.3 is 15.4 Å². The van der Waals surface area contributed by atoms with Crippen molar-refractivity contribution >= 4 is 5.96 Å². The first kappa shape index (κ1) is 15.1. The van der Waals surface area contributed by atoms with Gasteiger partial charge in [-0.25, -0.2) is 0 Å². The van der Waals surface area contributed by atoms with Crippen LogP contribution in [-0.2, 0) is 13.0 Å². The van der Waals surface area contributed by atoms with Crippen LogP contribution in [0.1, 0.15) is 24.5 Å². The van der Waals surface area contributed by atoms with E-state index in [2.05, 4.69) is 65.0 Å². The molecule has 4 rings (SSSR count). The minimum atomic E-state index is 0.433. The molecule has 2 N–H and O–H groups in total. The van der Waals surface area contributed by atoms with Crippen molar-refractivity contribution in [3.05, 3.63) is 53.6 Å². The first-order valence-corrected chi connectivity index (χ1v) is 8.68. The second-order valence-corrected chi connectivity index (χ2v) is 6.56. The van der Waals surface area contributed by atoms with Crippen LogP contribution in [0.15, 0.2) is 47.5 Å². The molecule has 4 heteroatoms. The third-order valence-electron chi connectivity index (χ3n) is 4.56. The summed E-state index contributed by atoms with van der Waals surface area (Å²) in [5.74, 6) is 1.95. The topological polar surface area (TPSA) is 45.7 Å². The molecule has 2 heterocycles. The molecule has 0 aromatic heterocycles. The normalized spacial score (nSPS) is 19.0. The number of aryl methyl sites for hydroxylation is 1. The van der Waals surface area contributed by atoms with E-state index < -0.39 is 0 Å². The summed E-state index contributed by atoms with van der Waals surface area (Å²) in [7, 11) is 0. The fourth-order valence-corrected chi connectivity index (χ4v) is 3.20. The van der Waals surface area contributed by atoms with Crippen LogP contribution in [0.4, 0.5) is 0 Å². The highest BCUT2D eigenvalue weighted by molar-refractivity contribution is 5.81. The standard InChI is InChI=1S/C20H23N3O/c1-14-12-21-20(23-14)22-13-15-4-6-16(7-5-15)17-8-9-19-18(11-17)3-2-10-24-19/h4-9,11,14H,2-3,10,12-13H2,1H3,(H2,21,22,23). The maximum Gasteiger partial charge on any atom is 0.191 e. The Hall–Kier alpha value is -2.49. The smallest absolute Gasteiger partial charge is 0.191 e. The molecule has 0 bridgehead atoms. The summed E-state index contributed by atoms with van der Waals surface area (Å²) < 4.78 is 5.70. The molecule has 0 amide bonds. The highest BCUT2D eigenvalue weighted by Crippen LogP contribution is 2.30. The van der Waals surface area contributed by atoms with Crippen molar-refractivity contribution in [1.82, 2.24) is 10.6 Å². The zero-order valence-corrected chi connectivity index (χ0v) is 14.0. The Morgan fingerprint density at radius 3 is 2.79 bits per heavy atom. The molecule has 0 spiro atoms. The van der Waals surface area contributed by atoms with Gasteiger partial charge in [0.1, 0.15) is 5.75 Å². The Balaban J connectivity index is 1.44. The van der Waals surface area contributed by atoms with Crippen molar-refractivity contribution in [2.24, 2.45) is 4.99 Å². The Bertz CT molecular complexity index is 752. The molecular formula is C20H23N3O. The second kappa shape index (κ2) is 6.56. The van der Waals surface area contributed by atoms with Crippen LogP contribution in [0.25, 0.3) is 11.1 Å².